The minimum absolute atomic E-state index is 0.0325. The molecule has 1 heterocycles. The van der Waals surface area contributed by atoms with Crippen LogP contribution in [0.3, 0.4) is 0 Å². The molecule has 202 valence electrons. The lowest BCUT2D eigenvalue weighted by atomic mass is 9.64. The number of carbonyl (C=O) groups is 3. The van der Waals surface area contributed by atoms with E-state index in [4.69, 9.17) is 0 Å². The van der Waals surface area contributed by atoms with Crippen LogP contribution in [0.15, 0.2) is 0 Å². The molecule has 1 rings (SSSR count). The molecule has 1 aliphatic rings. The predicted octanol–water partition coefficient (Wildman–Crippen LogP) is 7.96. The van der Waals surface area contributed by atoms with Crippen LogP contribution in [0.4, 0.5) is 0 Å². The van der Waals surface area contributed by atoms with E-state index in [0.717, 1.165) is 51.4 Å². The van der Waals surface area contributed by atoms with Crippen molar-refractivity contribution >= 4 is 24.9 Å². The Morgan fingerprint density at radius 3 is 1.71 bits per heavy atom. The van der Waals surface area contributed by atoms with E-state index in [-0.39, 0.29) is 42.7 Å². The normalized spacial score (nSPS) is 18.2. The van der Waals surface area contributed by atoms with Crippen molar-refractivity contribution in [2.45, 2.75) is 157 Å². The second-order valence-corrected chi connectivity index (χ2v) is 11.9. The zero-order chi connectivity index (χ0) is 26.3. The molecule has 35 heavy (non-hydrogen) atoms. The maximum Gasteiger partial charge on any atom is 0.327 e. The standard InChI is InChI=1S/C30H56BNO3/c1-7-11-14-17-20-21-29(5,10-4)28(35)31-32-26(33)24-25(27(32)34)30(6,22-18-15-12-8-2)23-19-16-13-9-3/h25,31H,7-24H2,1-6H3. The second kappa shape index (κ2) is 16.6. The van der Waals surface area contributed by atoms with E-state index in [9.17, 15) is 14.4 Å². The lowest BCUT2D eigenvalue weighted by Crippen LogP contribution is -2.45. The Bertz CT molecular complexity index is 638. The van der Waals surface area contributed by atoms with Gasteiger partial charge in [-0.25, -0.2) is 0 Å². The van der Waals surface area contributed by atoms with Gasteiger partial charge in [-0.05, 0) is 31.1 Å². The van der Waals surface area contributed by atoms with Crippen molar-refractivity contribution in [3.8, 4) is 0 Å². The highest BCUT2D eigenvalue weighted by Gasteiger charge is 2.49. The fourth-order valence-corrected chi connectivity index (χ4v) is 5.74. The third kappa shape index (κ3) is 10.0. The first kappa shape index (κ1) is 31.9. The lowest BCUT2D eigenvalue weighted by Gasteiger charge is -2.35. The summed E-state index contributed by atoms with van der Waals surface area (Å²) in [6.45, 7) is 13.0. The molecule has 1 aliphatic heterocycles. The summed E-state index contributed by atoms with van der Waals surface area (Å²) in [5.41, 5.74) is -0.543. The van der Waals surface area contributed by atoms with Crippen molar-refractivity contribution in [2.75, 3.05) is 0 Å². The molecule has 0 bridgehead atoms. The molecule has 0 N–H and O–H groups in total. The van der Waals surface area contributed by atoms with Gasteiger partial charge in [0.05, 0.1) is 5.92 Å². The molecule has 0 aromatic rings. The maximum absolute atomic E-state index is 13.6. The van der Waals surface area contributed by atoms with Gasteiger partial charge in [0.25, 0.3) is 0 Å². The van der Waals surface area contributed by atoms with Crippen molar-refractivity contribution in [1.82, 2.24) is 4.81 Å². The van der Waals surface area contributed by atoms with Gasteiger partial charge in [-0.3, -0.25) is 9.59 Å². The molecule has 0 aromatic carbocycles. The van der Waals surface area contributed by atoms with Crippen LogP contribution in [0.1, 0.15) is 157 Å². The first-order valence-corrected chi connectivity index (χ1v) is 15.1. The van der Waals surface area contributed by atoms with E-state index < -0.39 is 5.41 Å². The smallest absolute Gasteiger partial charge is 0.324 e. The molecular formula is C30H56BNO3. The Morgan fingerprint density at radius 2 is 1.23 bits per heavy atom. The Labute approximate surface area is 218 Å². The van der Waals surface area contributed by atoms with Crippen LogP contribution >= 0.6 is 0 Å². The van der Waals surface area contributed by atoms with Crippen LogP contribution in [-0.4, -0.2) is 29.7 Å². The summed E-state index contributed by atoms with van der Waals surface area (Å²) >= 11 is 0. The largest absolute Gasteiger partial charge is 0.327 e. The van der Waals surface area contributed by atoms with Gasteiger partial charge in [0.1, 0.15) is 5.68 Å². The van der Waals surface area contributed by atoms with Crippen molar-refractivity contribution in [2.24, 2.45) is 16.7 Å². The molecule has 5 heteroatoms. The lowest BCUT2D eigenvalue weighted by molar-refractivity contribution is -0.136. The third-order valence-corrected chi connectivity index (χ3v) is 8.88. The van der Waals surface area contributed by atoms with E-state index in [2.05, 4.69) is 34.6 Å². The monoisotopic (exact) mass is 489 g/mol. The van der Waals surface area contributed by atoms with Gasteiger partial charge in [0.15, 0.2) is 0 Å². The molecule has 2 unspecified atom stereocenters. The molecule has 0 aromatic heterocycles. The zero-order valence-electron chi connectivity index (χ0n) is 24.2. The number of hydrogen-bond acceptors (Lipinski definition) is 3. The summed E-state index contributed by atoms with van der Waals surface area (Å²) in [4.78, 5) is 41.3. The van der Waals surface area contributed by atoms with Gasteiger partial charge < -0.3 is 9.61 Å². The molecule has 2 amide bonds. The molecule has 0 radical (unpaired) electrons. The van der Waals surface area contributed by atoms with Gasteiger partial charge in [0, 0.05) is 11.8 Å². The van der Waals surface area contributed by atoms with E-state index in [1.807, 2.05) is 6.92 Å². The molecule has 0 spiro atoms. The maximum atomic E-state index is 13.6. The van der Waals surface area contributed by atoms with Crippen LogP contribution in [0.25, 0.3) is 0 Å². The molecule has 1 saturated heterocycles. The average molecular weight is 490 g/mol. The van der Waals surface area contributed by atoms with Gasteiger partial charge >= 0.3 is 7.41 Å². The number of hydrogen-bond donors (Lipinski definition) is 0. The first-order chi connectivity index (χ1) is 16.7. The molecule has 2 atom stereocenters. The minimum Gasteiger partial charge on any atom is -0.324 e. The summed E-state index contributed by atoms with van der Waals surface area (Å²) in [5.74, 6) is -0.491. The summed E-state index contributed by atoms with van der Waals surface area (Å²) in [5, 5.41) is 0. The van der Waals surface area contributed by atoms with Gasteiger partial charge in [-0.2, -0.15) is 0 Å². The van der Waals surface area contributed by atoms with E-state index in [0.29, 0.717) is 0 Å². The summed E-state index contributed by atoms with van der Waals surface area (Å²) in [7, 11) is -0.0325. The van der Waals surface area contributed by atoms with E-state index in [1.165, 1.54) is 62.6 Å². The first-order valence-electron chi connectivity index (χ1n) is 15.1. The minimum atomic E-state index is -0.450. The molecule has 1 fully saturated rings. The SMILES string of the molecule is CCCCCCCC(C)(CC)C(=O)BN1C(=O)CC(C(C)(CCCCCC)CCCCCC)C1=O. The van der Waals surface area contributed by atoms with Crippen LogP contribution in [0, 0.1) is 16.7 Å². The predicted molar refractivity (Wildman–Crippen MR) is 150 cm³/mol. The van der Waals surface area contributed by atoms with Crippen molar-refractivity contribution in [3.63, 3.8) is 0 Å². The topological polar surface area (TPSA) is 54.5 Å². The number of rotatable bonds is 21. The van der Waals surface area contributed by atoms with Gasteiger partial charge in [0.2, 0.25) is 11.8 Å². The number of imide groups is 1. The number of unbranched alkanes of at least 4 members (excludes halogenated alkanes) is 10. The Balaban J connectivity index is 2.86. The highest BCUT2D eigenvalue weighted by molar-refractivity contribution is 6.76. The third-order valence-electron chi connectivity index (χ3n) is 8.88. The average Bonchev–Trinajstić information content (AvgIpc) is 3.13. The van der Waals surface area contributed by atoms with Crippen molar-refractivity contribution < 1.29 is 14.4 Å². The molecule has 0 saturated carbocycles. The Kier molecular flexibility index (Phi) is 15.1. The van der Waals surface area contributed by atoms with Crippen molar-refractivity contribution in [3.05, 3.63) is 0 Å². The Hall–Kier alpha value is -1.13. The highest BCUT2D eigenvalue weighted by Crippen LogP contribution is 2.44. The summed E-state index contributed by atoms with van der Waals surface area (Å²) in [6, 6.07) is 0. The summed E-state index contributed by atoms with van der Waals surface area (Å²) < 4.78 is 0. The second-order valence-electron chi connectivity index (χ2n) is 11.9. The van der Waals surface area contributed by atoms with E-state index >= 15 is 0 Å². The summed E-state index contributed by atoms with van der Waals surface area (Å²) in [6.07, 6.45) is 19.1. The van der Waals surface area contributed by atoms with E-state index in [1.54, 1.807) is 0 Å². The van der Waals surface area contributed by atoms with Crippen molar-refractivity contribution in [1.29, 1.82) is 0 Å². The van der Waals surface area contributed by atoms with Crippen LogP contribution < -0.4 is 0 Å². The zero-order valence-corrected chi connectivity index (χ0v) is 24.2. The quantitative estimate of drug-likeness (QED) is 0.0933. The number of nitrogens with zero attached hydrogens (tertiary/aromatic N) is 1. The van der Waals surface area contributed by atoms with Crippen LogP contribution in [-0.2, 0) is 14.4 Å². The fraction of sp³-hybridized carbons (Fsp3) is 0.900. The Morgan fingerprint density at radius 1 is 0.771 bits per heavy atom. The van der Waals surface area contributed by atoms with Crippen LogP contribution in [0.2, 0.25) is 0 Å². The number of amides is 2. The van der Waals surface area contributed by atoms with Gasteiger partial charge in [-0.1, -0.05) is 125 Å². The molecular weight excluding hydrogens is 433 g/mol. The number of carbonyl (C=O) groups excluding carboxylic acids is 3. The molecule has 4 nitrogen and oxygen atoms in total. The van der Waals surface area contributed by atoms with Crippen LogP contribution in [0.5, 0.6) is 0 Å². The molecule has 0 aliphatic carbocycles. The van der Waals surface area contributed by atoms with Gasteiger partial charge in [-0.15, -0.1) is 0 Å². The fourth-order valence-electron chi connectivity index (χ4n) is 5.74. The highest BCUT2D eigenvalue weighted by atomic mass is 16.2.